The minimum atomic E-state index is 0.777. The molecule has 0 bridgehead atoms. The highest BCUT2D eigenvalue weighted by molar-refractivity contribution is 7.98. The van der Waals surface area contributed by atoms with Gasteiger partial charge in [0.1, 0.15) is 17.5 Å². The summed E-state index contributed by atoms with van der Waals surface area (Å²) in [6.07, 6.45) is 0. The van der Waals surface area contributed by atoms with Gasteiger partial charge >= 0.3 is 0 Å². The first-order chi connectivity index (χ1) is 13.7. The molecule has 7 nitrogen and oxygen atoms in total. The Balaban J connectivity index is 1.56. The number of aromatic amines is 1. The maximum absolute atomic E-state index is 4.84. The number of piperazine rings is 1. The number of nitrogens with one attached hydrogen (secondary N) is 2. The fourth-order valence-corrected chi connectivity index (χ4v) is 3.89. The van der Waals surface area contributed by atoms with Gasteiger partial charge < -0.3 is 15.1 Å². The molecule has 0 radical (unpaired) electrons. The molecule has 0 atom stereocenters. The molecular weight excluding hydrogens is 370 g/mol. The summed E-state index contributed by atoms with van der Waals surface area (Å²) in [5.74, 6) is 3.43. The summed E-state index contributed by atoms with van der Waals surface area (Å²) >= 11 is 1.66. The molecule has 0 spiro atoms. The first kappa shape index (κ1) is 18.8. The van der Waals surface area contributed by atoms with Crippen molar-refractivity contribution >= 4 is 29.2 Å². The molecule has 146 valence electrons. The van der Waals surface area contributed by atoms with Crippen molar-refractivity contribution in [2.45, 2.75) is 17.8 Å². The zero-order chi connectivity index (χ0) is 19.3. The highest BCUT2D eigenvalue weighted by Gasteiger charge is 2.17. The van der Waals surface area contributed by atoms with Gasteiger partial charge in [0, 0.05) is 44.1 Å². The first-order valence-electron chi connectivity index (χ1n) is 9.44. The number of aryl methyl sites for hydroxylation is 1. The second kappa shape index (κ2) is 8.62. The van der Waals surface area contributed by atoms with E-state index in [1.807, 2.05) is 25.1 Å². The molecule has 1 aliphatic rings. The monoisotopic (exact) mass is 395 g/mol. The predicted octanol–water partition coefficient (Wildman–Crippen LogP) is 3.30. The third-order valence-electron chi connectivity index (χ3n) is 4.70. The molecule has 1 aliphatic heterocycles. The number of nitrogens with zero attached hydrogens (tertiary/aromatic N) is 5. The van der Waals surface area contributed by atoms with E-state index in [9.17, 15) is 0 Å². The highest BCUT2D eigenvalue weighted by atomic mass is 32.2. The van der Waals surface area contributed by atoms with Crippen molar-refractivity contribution in [3.05, 3.63) is 53.7 Å². The molecule has 1 saturated heterocycles. The smallest absolute Gasteiger partial charge is 0.191 e. The van der Waals surface area contributed by atoms with Gasteiger partial charge in [-0.2, -0.15) is 5.10 Å². The van der Waals surface area contributed by atoms with E-state index in [0.717, 1.165) is 60.2 Å². The fourth-order valence-electron chi connectivity index (χ4n) is 3.08. The van der Waals surface area contributed by atoms with Crippen LogP contribution in [0.3, 0.4) is 0 Å². The van der Waals surface area contributed by atoms with Crippen LogP contribution in [0.2, 0.25) is 0 Å². The summed E-state index contributed by atoms with van der Waals surface area (Å²) in [4.78, 5) is 14.2. The van der Waals surface area contributed by atoms with Crippen LogP contribution in [0.25, 0.3) is 0 Å². The van der Waals surface area contributed by atoms with Crippen LogP contribution in [0.1, 0.15) is 11.3 Å². The van der Waals surface area contributed by atoms with Crippen molar-refractivity contribution in [1.82, 2.24) is 25.1 Å². The number of rotatable bonds is 6. The zero-order valence-electron chi connectivity index (χ0n) is 16.2. The number of hydrogen-bond donors (Lipinski definition) is 2. The lowest BCUT2D eigenvalue weighted by Crippen LogP contribution is -2.44. The van der Waals surface area contributed by atoms with Gasteiger partial charge in [-0.25, -0.2) is 9.97 Å². The van der Waals surface area contributed by atoms with Crippen LogP contribution < -0.4 is 10.2 Å². The Labute approximate surface area is 169 Å². The van der Waals surface area contributed by atoms with Crippen LogP contribution >= 0.6 is 11.8 Å². The van der Waals surface area contributed by atoms with Crippen molar-refractivity contribution in [3.63, 3.8) is 0 Å². The number of benzene rings is 1. The van der Waals surface area contributed by atoms with Crippen molar-refractivity contribution in [2.24, 2.45) is 0 Å². The molecule has 0 unspecified atom stereocenters. The van der Waals surface area contributed by atoms with Crippen molar-refractivity contribution in [3.8, 4) is 0 Å². The lowest BCUT2D eigenvalue weighted by Gasteiger charge is -2.33. The van der Waals surface area contributed by atoms with Gasteiger partial charge in [0.05, 0.1) is 5.69 Å². The average Bonchev–Trinajstić information content (AvgIpc) is 3.12. The van der Waals surface area contributed by atoms with Crippen LogP contribution in [-0.4, -0.2) is 58.3 Å². The van der Waals surface area contributed by atoms with Crippen LogP contribution in [0, 0.1) is 6.92 Å². The maximum Gasteiger partial charge on any atom is 0.191 e. The predicted molar refractivity (Wildman–Crippen MR) is 114 cm³/mol. The van der Waals surface area contributed by atoms with E-state index < -0.39 is 0 Å². The highest BCUT2D eigenvalue weighted by Crippen LogP contribution is 2.26. The Kier molecular flexibility index (Phi) is 5.78. The molecule has 1 fully saturated rings. The second-order valence-corrected chi connectivity index (χ2v) is 7.95. The molecule has 0 aliphatic carbocycles. The van der Waals surface area contributed by atoms with Crippen LogP contribution in [0.4, 0.5) is 17.5 Å². The minimum Gasteiger partial charge on any atom is -0.354 e. The van der Waals surface area contributed by atoms with E-state index in [4.69, 9.17) is 9.97 Å². The summed E-state index contributed by atoms with van der Waals surface area (Å²) < 4.78 is 0. The number of aromatic nitrogens is 4. The number of H-pyrrole nitrogens is 1. The molecule has 1 aromatic carbocycles. The van der Waals surface area contributed by atoms with Crippen LogP contribution in [-0.2, 0) is 5.75 Å². The Bertz CT molecular complexity index is 904. The Hall–Kier alpha value is -2.58. The lowest BCUT2D eigenvalue weighted by molar-refractivity contribution is 0.312. The summed E-state index contributed by atoms with van der Waals surface area (Å²) in [6, 6.07) is 14.4. The lowest BCUT2D eigenvalue weighted by atomic mass is 10.2. The second-order valence-electron chi connectivity index (χ2n) is 7.01. The van der Waals surface area contributed by atoms with E-state index in [0.29, 0.717) is 0 Å². The number of hydrogen-bond acceptors (Lipinski definition) is 7. The van der Waals surface area contributed by atoms with Gasteiger partial charge in [0.15, 0.2) is 5.16 Å². The Morgan fingerprint density at radius 2 is 1.86 bits per heavy atom. The number of thioether (sulfide) groups is 1. The normalized spacial score (nSPS) is 15.0. The topological polar surface area (TPSA) is 73.0 Å². The van der Waals surface area contributed by atoms with Gasteiger partial charge in [-0.15, -0.1) is 0 Å². The van der Waals surface area contributed by atoms with E-state index in [2.05, 4.69) is 56.6 Å². The molecule has 2 aromatic heterocycles. The first-order valence-corrected chi connectivity index (χ1v) is 10.4. The van der Waals surface area contributed by atoms with E-state index in [-0.39, 0.29) is 0 Å². The number of anilines is 3. The van der Waals surface area contributed by atoms with Gasteiger partial charge in [0.2, 0.25) is 0 Å². The molecule has 4 rings (SSSR count). The van der Waals surface area contributed by atoms with Crippen molar-refractivity contribution < 1.29 is 0 Å². The van der Waals surface area contributed by atoms with E-state index in [1.165, 1.54) is 5.56 Å². The quantitative estimate of drug-likeness (QED) is 0.490. The maximum atomic E-state index is 4.84. The molecule has 2 N–H and O–H groups in total. The van der Waals surface area contributed by atoms with Crippen LogP contribution in [0.5, 0.6) is 0 Å². The third kappa shape index (κ3) is 4.82. The summed E-state index contributed by atoms with van der Waals surface area (Å²) in [6.45, 7) is 5.98. The summed E-state index contributed by atoms with van der Waals surface area (Å²) in [5.41, 5.74) is 2.20. The van der Waals surface area contributed by atoms with Gasteiger partial charge in [-0.3, -0.25) is 5.10 Å². The van der Waals surface area contributed by atoms with Crippen LogP contribution in [0.15, 0.2) is 47.6 Å². The molecule has 0 saturated carbocycles. The SMILES string of the molecule is Cc1cc(Nc2cc(N3CCN(C)CC3)nc(SCc3ccccc3)n2)[nH]n1. The molecule has 3 heterocycles. The third-order valence-corrected chi connectivity index (χ3v) is 5.62. The molecule has 0 amide bonds. The zero-order valence-corrected chi connectivity index (χ0v) is 17.0. The van der Waals surface area contributed by atoms with E-state index in [1.54, 1.807) is 11.8 Å². The fraction of sp³-hybridized carbons (Fsp3) is 0.350. The van der Waals surface area contributed by atoms with Gasteiger partial charge in [0.25, 0.3) is 0 Å². The Morgan fingerprint density at radius 1 is 1.07 bits per heavy atom. The molecule has 28 heavy (non-hydrogen) atoms. The molecular formula is C20H25N7S. The Morgan fingerprint density at radius 3 is 2.57 bits per heavy atom. The van der Waals surface area contributed by atoms with Gasteiger partial charge in [-0.05, 0) is 19.5 Å². The summed E-state index contributed by atoms with van der Waals surface area (Å²) in [5, 5.41) is 11.3. The standard InChI is InChI=1S/C20H25N7S/c1-15-12-18(25-24-15)21-17-13-19(27-10-8-26(2)9-11-27)23-20(22-17)28-14-16-6-4-3-5-7-16/h3-7,12-13H,8-11,14H2,1-2H3,(H2,21,22,23,24,25). The molecule has 3 aromatic rings. The van der Waals surface area contributed by atoms with Crippen molar-refractivity contribution in [2.75, 3.05) is 43.4 Å². The molecule has 8 heteroatoms. The van der Waals surface area contributed by atoms with E-state index >= 15 is 0 Å². The van der Waals surface area contributed by atoms with Crippen molar-refractivity contribution in [1.29, 1.82) is 0 Å². The largest absolute Gasteiger partial charge is 0.354 e. The average molecular weight is 396 g/mol. The minimum absolute atomic E-state index is 0.777. The number of likely N-dealkylation sites (N-methyl/N-ethyl adjacent to an activating group) is 1. The summed E-state index contributed by atoms with van der Waals surface area (Å²) in [7, 11) is 2.16. The van der Waals surface area contributed by atoms with Gasteiger partial charge in [-0.1, -0.05) is 42.1 Å².